The van der Waals surface area contributed by atoms with Gasteiger partial charge >= 0.3 is 7.82 Å². The predicted molar refractivity (Wildman–Crippen MR) is 70.4 cm³/mol. The maximum atomic E-state index is 11.5. The van der Waals surface area contributed by atoms with Gasteiger partial charge in [-0.05, 0) is 53.6 Å². The molecule has 6 nitrogen and oxygen atoms in total. The first-order valence-corrected chi connectivity index (χ1v) is 7.66. The van der Waals surface area contributed by atoms with Crippen molar-refractivity contribution in [1.29, 1.82) is 0 Å². The van der Waals surface area contributed by atoms with Gasteiger partial charge in [0.2, 0.25) is 0 Å². The summed E-state index contributed by atoms with van der Waals surface area (Å²) in [5.41, 5.74) is -0.762. The molecule has 0 saturated carbocycles. The highest BCUT2D eigenvalue weighted by atomic mass is 31.2. The quantitative estimate of drug-likeness (QED) is 0.440. The van der Waals surface area contributed by atoms with Gasteiger partial charge < -0.3 is 15.3 Å². The summed E-state index contributed by atoms with van der Waals surface area (Å²) in [4.78, 5) is 9.40. The average molecular weight is 283 g/mol. The van der Waals surface area contributed by atoms with Gasteiger partial charge in [0.1, 0.15) is 0 Å². The van der Waals surface area contributed by atoms with Crippen LogP contribution in [-0.4, -0.2) is 41.9 Å². The number of phosphoric ester groups is 1. The summed E-state index contributed by atoms with van der Waals surface area (Å²) in [6, 6.07) is 0. The van der Waals surface area contributed by atoms with E-state index < -0.39 is 19.5 Å². The molecule has 0 fully saturated rings. The normalized spacial score (nSPS) is 17.4. The number of hydrogen-bond donors (Lipinski definition) is 3. The highest BCUT2D eigenvalue weighted by Crippen LogP contribution is 2.47. The van der Waals surface area contributed by atoms with Gasteiger partial charge in [0.15, 0.2) is 0 Å². The van der Waals surface area contributed by atoms with Crippen LogP contribution in [0.4, 0.5) is 0 Å². The molecule has 0 spiro atoms. The van der Waals surface area contributed by atoms with Crippen molar-refractivity contribution in [2.45, 2.75) is 51.7 Å². The molecular weight excluding hydrogens is 257 g/mol. The average Bonchev–Trinajstić information content (AvgIpc) is 2.18. The Morgan fingerprint density at radius 1 is 1.33 bits per heavy atom. The van der Waals surface area contributed by atoms with Crippen molar-refractivity contribution in [3.8, 4) is 0 Å². The molecule has 0 aromatic heterocycles. The Labute approximate surface area is 109 Å². The minimum Gasteiger partial charge on any atom is -0.391 e. The smallest absolute Gasteiger partial charge is 0.391 e. The zero-order valence-electron chi connectivity index (χ0n) is 11.7. The Morgan fingerprint density at radius 2 is 1.94 bits per heavy atom. The topological polar surface area (TPSA) is 88.0 Å². The Hall–Kier alpha value is 0.0300. The van der Waals surface area contributed by atoms with E-state index in [0.29, 0.717) is 6.42 Å². The van der Waals surface area contributed by atoms with Gasteiger partial charge in [0.05, 0.1) is 18.3 Å². The fourth-order valence-electron chi connectivity index (χ4n) is 1.32. The van der Waals surface area contributed by atoms with Crippen LogP contribution >= 0.6 is 7.82 Å². The molecule has 2 unspecified atom stereocenters. The zero-order chi connectivity index (χ0) is 14.2. The third kappa shape index (κ3) is 11.1. The molecule has 0 amide bonds. The van der Waals surface area contributed by atoms with Crippen LogP contribution in [0.2, 0.25) is 0 Å². The summed E-state index contributed by atoms with van der Waals surface area (Å²) >= 11 is 0. The van der Waals surface area contributed by atoms with Crippen molar-refractivity contribution in [3.05, 3.63) is 0 Å². The maximum absolute atomic E-state index is 11.5. The summed E-state index contributed by atoms with van der Waals surface area (Å²) in [6.07, 6.45) is 1.58. The first-order chi connectivity index (χ1) is 8.16. The van der Waals surface area contributed by atoms with Crippen molar-refractivity contribution >= 4 is 7.82 Å². The predicted octanol–water partition coefficient (Wildman–Crippen LogP) is 1.67. The summed E-state index contributed by atoms with van der Waals surface area (Å²) < 4.78 is 21.1. The Morgan fingerprint density at radius 3 is 2.44 bits per heavy atom. The standard InChI is InChI=1S/C11H26NO5P/c1-11(2,3)17-18(14,15)16-9-10(13)7-5-6-8-12-4/h10,12-13H,5-9H2,1-4H3,(H,14,15). The molecule has 0 heterocycles. The molecule has 0 aliphatic carbocycles. The highest BCUT2D eigenvalue weighted by Gasteiger charge is 2.29. The zero-order valence-corrected chi connectivity index (χ0v) is 12.6. The third-order valence-corrected chi connectivity index (χ3v) is 3.29. The number of unbranched alkanes of at least 4 members (excludes halogenated alkanes) is 1. The summed E-state index contributed by atoms with van der Waals surface area (Å²) in [7, 11) is -2.22. The van der Waals surface area contributed by atoms with Crippen molar-refractivity contribution in [2.24, 2.45) is 0 Å². The van der Waals surface area contributed by atoms with Gasteiger partial charge in [-0.1, -0.05) is 0 Å². The lowest BCUT2D eigenvalue weighted by Gasteiger charge is -2.23. The minimum absolute atomic E-state index is 0.191. The van der Waals surface area contributed by atoms with E-state index in [0.717, 1.165) is 19.4 Å². The lowest BCUT2D eigenvalue weighted by atomic mass is 10.1. The number of aliphatic hydroxyl groups excluding tert-OH is 1. The van der Waals surface area contributed by atoms with Crippen LogP contribution in [0.25, 0.3) is 0 Å². The lowest BCUT2D eigenvalue weighted by molar-refractivity contribution is 0.0325. The molecule has 0 aromatic rings. The molecule has 0 saturated heterocycles. The van der Waals surface area contributed by atoms with Gasteiger partial charge in [-0.15, -0.1) is 0 Å². The van der Waals surface area contributed by atoms with Crippen LogP contribution in [0.3, 0.4) is 0 Å². The van der Waals surface area contributed by atoms with E-state index in [4.69, 9.17) is 9.05 Å². The van der Waals surface area contributed by atoms with Crippen LogP contribution < -0.4 is 5.32 Å². The molecule has 0 aromatic carbocycles. The molecule has 110 valence electrons. The summed E-state index contributed by atoms with van der Waals surface area (Å²) in [6.45, 7) is 5.68. The molecule has 0 aliphatic rings. The molecule has 3 N–H and O–H groups in total. The molecule has 2 atom stereocenters. The van der Waals surface area contributed by atoms with Crippen molar-refractivity contribution in [3.63, 3.8) is 0 Å². The first-order valence-electron chi connectivity index (χ1n) is 6.17. The second kappa shape index (κ2) is 8.25. The molecule has 0 rings (SSSR count). The first kappa shape index (κ1) is 18.0. The monoisotopic (exact) mass is 283 g/mol. The van der Waals surface area contributed by atoms with E-state index in [9.17, 15) is 14.6 Å². The van der Waals surface area contributed by atoms with E-state index >= 15 is 0 Å². The molecule has 0 aliphatic heterocycles. The van der Waals surface area contributed by atoms with E-state index in [-0.39, 0.29) is 6.61 Å². The fourth-order valence-corrected chi connectivity index (χ4v) is 2.42. The molecule has 0 bridgehead atoms. The van der Waals surface area contributed by atoms with E-state index in [1.54, 1.807) is 20.8 Å². The van der Waals surface area contributed by atoms with Crippen LogP contribution in [0.5, 0.6) is 0 Å². The number of hydrogen-bond acceptors (Lipinski definition) is 5. The molecule has 18 heavy (non-hydrogen) atoms. The van der Waals surface area contributed by atoms with Crippen LogP contribution in [-0.2, 0) is 13.6 Å². The highest BCUT2D eigenvalue weighted by molar-refractivity contribution is 7.47. The van der Waals surface area contributed by atoms with Gasteiger partial charge in [0.25, 0.3) is 0 Å². The fraction of sp³-hybridized carbons (Fsp3) is 1.00. The van der Waals surface area contributed by atoms with Gasteiger partial charge in [-0.3, -0.25) is 9.05 Å². The Balaban J connectivity index is 3.83. The number of phosphoric acid groups is 1. The lowest BCUT2D eigenvalue weighted by Crippen LogP contribution is -2.20. The van der Waals surface area contributed by atoms with Gasteiger partial charge in [0, 0.05) is 0 Å². The van der Waals surface area contributed by atoms with E-state index in [2.05, 4.69) is 5.32 Å². The largest absolute Gasteiger partial charge is 0.472 e. The molecular formula is C11H26NO5P. The van der Waals surface area contributed by atoms with Crippen molar-refractivity contribution in [2.75, 3.05) is 20.2 Å². The third-order valence-electron chi connectivity index (χ3n) is 2.03. The SMILES string of the molecule is CNCCCCC(O)COP(=O)(O)OC(C)(C)C. The van der Waals surface area contributed by atoms with Crippen LogP contribution in [0.1, 0.15) is 40.0 Å². The van der Waals surface area contributed by atoms with E-state index in [1.165, 1.54) is 0 Å². The number of rotatable bonds is 9. The Kier molecular flexibility index (Phi) is 8.26. The number of nitrogens with one attached hydrogen (secondary N) is 1. The van der Waals surface area contributed by atoms with Crippen molar-refractivity contribution < 1.29 is 23.6 Å². The summed E-state index contributed by atoms with van der Waals surface area (Å²) in [5, 5.41) is 12.6. The minimum atomic E-state index is -4.09. The van der Waals surface area contributed by atoms with Gasteiger partial charge in [-0.25, -0.2) is 4.57 Å². The van der Waals surface area contributed by atoms with Gasteiger partial charge in [-0.2, -0.15) is 0 Å². The molecule has 0 radical (unpaired) electrons. The van der Waals surface area contributed by atoms with Crippen molar-refractivity contribution in [1.82, 2.24) is 5.32 Å². The van der Waals surface area contributed by atoms with Crippen LogP contribution in [0, 0.1) is 0 Å². The maximum Gasteiger partial charge on any atom is 0.472 e. The molecule has 7 heteroatoms. The summed E-state index contributed by atoms with van der Waals surface area (Å²) in [5.74, 6) is 0. The number of aliphatic hydroxyl groups is 1. The second-order valence-corrected chi connectivity index (χ2v) is 6.60. The van der Waals surface area contributed by atoms with Crippen LogP contribution in [0.15, 0.2) is 0 Å². The van der Waals surface area contributed by atoms with E-state index in [1.807, 2.05) is 7.05 Å². The second-order valence-electron chi connectivity index (χ2n) is 5.22. The Bertz CT molecular complexity index is 267.